The minimum atomic E-state index is -4.50. The molecule has 1 unspecified atom stereocenters. The molecule has 0 saturated carbocycles. The predicted octanol–water partition coefficient (Wildman–Crippen LogP) is 3.71. The number of halogens is 3. The molecule has 0 bridgehead atoms. The maximum atomic E-state index is 13.3. The number of urea groups is 1. The molecule has 11 heteroatoms. The fraction of sp³-hybridized carbons (Fsp3) is 0.421. The SMILES string of the molecule is COc1cnc(NC(=O)N2CC3(CCN(C(C)=O)C3)c3cc(C(F)(F)F)ccc32)s1. The number of hydrogen-bond acceptors (Lipinski definition) is 5. The third-order valence-corrected chi connectivity index (χ3v) is 6.46. The average molecular weight is 440 g/mol. The molecule has 1 saturated heterocycles. The van der Waals surface area contributed by atoms with Crippen molar-refractivity contribution in [1.82, 2.24) is 9.88 Å². The van der Waals surface area contributed by atoms with Crippen LogP contribution in [0.1, 0.15) is 24.5 Å². The van der Waals surface area contributed by atoms with Gasteiger partial charge in [0.2, 0.25) is 5.91 Å². The molecule has 1 atom stereocenters. The number of carbonyl (C=O) groups excluding carboxylic acids is 2. The van der Waals surface area contributed by atoms with E-state index in [1.54, 1.807) is 4.90 Å². The van der Waals surface area contributed by atoms with Crippen LogP contribution in [-0.4, -0.2) is 48.6 Å². The van der Waals surface area contributed by atoms with E-state index in [2.05, 4.69) is 10.3 Å². The van der Waals surface area contributed by atoms with E-state index in [4.69, 9.17) is 4.74 Å². The minimum absolute atomic E-state index is 0.141. The summed E-state index contributed by atoms with van der Waals surface area (Å²) in [6.45, 7) is 2.32. The summed E-state index contributed by atoms with van der Waals surface area (Å²) in [5.74, 6) is -0.141. The number of carbonyl (C=O) groups is 2. The summed E-state index contributed by atoms with van der Waals surface area (Å²) in [4.78, 5) is 31.9. The number of ether oxygens (including phenoxy) is 1. The highest BCUT2D eigenvalue weighted by atomic mass is 32.1. The Morgan fingerprint density at radius 2 is 2.07 bits per heavy atom. The predicted molar refractivity (Wildman–Crippen MR) is 105 cm³/mol. The molecule has 2 aliphatic rings. The zero-order chi connectivity index (χ0) is 21.7. The average Bonchev–Trinajstić information content (AvgIpc) is 3.39. The molecule has 4 rings (SSSR count). The Morgan fingerprint density at radius 1 is 1.30 bits per heavy atom. The van der Waals surface area contributed by atoms with Crippen molar-refractivity contribution >= 4 is 34.1 Å². The monoisotopic (exact) mass is 440 g/mol. The number of likely N-dealkylation sites (tertiary alicyclic amines) is 1. The zero-order valence-electron chi connectivity index (χ0n) is 16.2. The maximum Gasteiger partial charge on any atom is 0.416 e. The second kappa shape index (κ2) is 7.15. The molecule has 1 aromatic carbocycles. The summed E-state index contributed by atoms with van der Waals surface area (Å²) in [5.41, 5.74) is -0.656. The van der Waals surface area contributed by atoms with Crippen LogP contribution in [0, 0.1) is 0 Å². The van der Waals surface area contributed by atoms with Gasteiger partial charge >= 0.3 is 12.2 Å². The van der Waals surface area contributed by atoms with Crippen LogP contribution < -0.4 is 15.0 Å². The minimum Gasteiger partial charge on any atom is -0.486 e. The lowest BCUT2D eigenvalue weighted by molar-refractivity contribution is -0.137. The van der Waals surface area contributed by atoms with Gasteiger partial charge in [-0.2, -0.15) is 13.2 Å². The van der Waals surface area contributed by atoms with Crippen LogP contribution in [0.3, 0.4) is 0 Å². The molecule has 1 spiro atoms. The van der Waals surface area contributed by atoms with E-state index in [1.165, 1.54) is 31.2 Å². The second-order valence-corrected chi connectivity index (χ2v) is 8.40. The van der Waals surface area contributed by atoms with Crippen molar-refractivity contribution in [3.05, 3.63) is 35.5 Å². The molecule has 160 valence electrons. The number of aromatic nitrogens is 1. The molecule has 30 heavy (non-hydrogen) atoms. The summed E-state index contributed by atoms with van der Waals surface area (Å²) >= 11 is 1.14. The highest BCUT2D eigenvalue weighted by Crippen LogP contribution is 2.48. The van der Waals surface area contributed by atoms with Gasteiger partial charge in [-0.1, -0.05) is 11.3 Å². The van der Waals surface area contributed by atoms with Crippen LogP contribution >= 0.6 is 11.3 Å². The van der Waals surface area contributed by atoms with Gasteiger partial charge in [0.1, 0.15) is 0 Å². The largest absolute Gasteiger partial charge is 0.486 e. The Hall–Kier alpha value is -2.82. The van der Waals surface area contributed by atoms with Gasteiger partial charge in [0.25, 0.3) is 0 Å². The van der Waals surface area contributed by atoms with Crippen LogP contribution in [0.4, 0.5) is 28.8 Å². The van der Waals surface area contributed by atoms with Gasteiger partial charge in [0.05, 0.1) is 18.9 Å². The first kappa shape index (κ1) is 20.5. The number of hydrogen-bond donors (Lipinski definition) is 1. The zero-order valence-corrected chi connectivity index (χ0v) is 17.1. The first-order chi connectivity index (χ1) is 14.1. The standard InChI is InChI=1S/C19H19F3N4O3S/c1-11(27)25-6-5-18(9-25)10-26(17(28)24-16-23-8-15(29-2)30-16)14-4-3-12(7-13(14)18)19(20,21)22/h3-4,7-8H,5-6,9-10H2,1-2H3,(H,23,24,28). The quantitative estimate of drug-likeness (QED) is 0.773. The molecule has 0 aliphatic carbocycles. The number of amides is 3. The van der Waals surface area contributed by atoms with Gasteiger partial charge < -0.3 is 9.64 Å². The summed E-state index contributed by atoms with van der Waals surface area (Å²) in [7, 11) is 1.48. The molecule has 0 radical (unpaired) electrons. The van der Waals surface area contributed by atoms with E-state index in [1.807, 2.05) is 0 Å². The van der Waals surface area contributed by atoms with Crippen LogP contribution in [-0.2, 0) is 16.4 Å². The fourth-order valence-electron chi connectivity index (χ4n) is 4.09. The molecule has 3 amide bonds. The van der Waals surface area contributed by atoms with Gasteiger partial charge in [-0.25, -0.2) is 9.78 Å². The lowest BCUT2D eigenvalue weighted by Crippen LogP contribution is -2.41. The number of alkyl halides is 3. The van der Waals surface area contributed by atoms with E-state index in [-0.39, 0.29) is 19.0 Å². The topological polar surface area (TPSA) is 74.8 Å². The first-order valence-corrected chi connectivity index (χ1v) is 10.0. The fourth-order valence-corrected chi connectivity index (χ4v) is 4.71. The first-order valence-electron chi connectivity index (χ1n) is 9.18. The molecule has 1 N–H and O–H groups in total. The number of thiazole rings is 1. The van der Waals surface area contributed by atoms with Gasteiger partial charge in [-0.15, -0.1) is 0 Å². The van der Waals surface area contributed by atoms with E-state index < -0.39 is 23.2 Å². The third kappa shape index (κ3) is 3.47. The lowest BCUT2D eigenvalue weighted by Gasteiger charge is -2.25. The molecule has 3 heterocycles. The van der Waals surface area contributed by atoms with Crippen LogP contribution in [0.5, 0.6) is 5.06 Å². The van der Waals surface area contributed by atoms with Crippen molar-refractivity contribution in [3.8, 4) is 5.06 Å². The van der Waals surface area contributed by atoms with Crippen LogP contribution in [0.25, 0.3) is 0 Å². The Morgan fingerprint density at radius 3 is 2.67 bits per heavy atom. The van der Waals surface area contributed by atoms with E-state index in [9.17, 15) is 22.8 Å². The normalized spacial score (nSPS) is 20.6. The molecule has 7 nitrogen and oxygen atoms in total. The summed E-state index contributed by atoms with van der Waals surface area (Å²) in [5, 5.41) is 3.52. The number of fused-ring (bicyclic) bond motifs is 2. The third-order valence-electron chi connectivity index (χ3n) is 5.59. The number of nitrogens with one attached hydrogen (secondary N) is 1. The molecule has 1 fully saturated rings. The molecule has 2 aromatic rings. The van der Waals surface area contributed by atoms with Gasteiger partial charge in [0.15, 0.2) is 10.2 Å². The highest BCUT2D eigenvalue weighted by molar-refractivity contribution is 7.17. The smallest absolute Gasteiger partial charge is 0.416 e. The molecule has 2 aliphatic heterocycles. The Labute approximate surface area is 174 Å². The maximum absolute atomic E-state index is 13.3. The van der Waals surface area contributed by atoms with Crippen molar-refractivity contribution in [2.45, 2.75) is 24.9 Å². The van der Waals surface area contributed by atoms with Gasteiger partial charge in [-0.3, -0.25) is 15.0 Å². The molecule has 1 aromatic heterocycles. The lowest BCUT2D eigenvalue weighted by atomic mass is 9.81. The molecular weight excluding hydrogens is 421 g/mol. The van der Waals surface area contributed by atoms with Gasteiger partial charge in [0, 0.05) is 37.7 Å². The van der Waals surface area contributed by atoms with Crippen molar-refractivity contribution in [2.75, 3.05) is 37.0 Å². The van der Waals surface area contributed by atoms with E-state index in [0.29, 0.717) is 34.4 Å². The van der Waals surface area contributed by atoms with Crippen molar-refractivity contribution in [3.63, 3.8) is 0 Å². The number of rotatable bonds is 2. The second-order valence-electron chi connectivity index (χ2n) is 7.41. The Balaban J connectivity index is 1.69. The summed E-state index contributed by atoms with van der Waals surface area (Å²) in [6, 6.07) is 2.91. The highest BCUT2D eigenvalue weighted by Gasteiger charge is 2.50. The van der Waals surface area contributed by atoms with Gasteiger partial charge in [-0.05, 0) is 30.2 Å². The summed E-state index contributed by atoms with van der Waals surface area (Å²) < 4.78 is 45.1. The number of benzene rings is 1. The van der Waals surface area contributed by atoms with Crippen molar-refractivity contribution in [1.29, 1.82) is 0 Å². The summed E-state index contributed by atoms with van der Waals surface area (Å²) in [6.07, 6.45) is -2.55. The number of anilines is 2. The Kier molecular flexibility index (Phi) is 4.88. The van der Waals surface area contributed by atoms with Crippen LogP contribution in [0.15, 0.2) is 24.4 Å². The van der Waals surface area contributed by atoms with Crippen LogP contribution in [0.2, 0.25) is 0 Å². The van der Waals surface area contributed by atoms with E-state index >= 15 is 0 Å². The van der Waals surface area contributed by atoms with E-state index in [0.717, 1.165) is 23.5 Å². The number of methoxy groups -OCH3 is 1. The molecular formula is C19H19F3N4O3S. The number of nitrogens with zero attached hydrogens (tertiary/aromatic N) is 3. The van der Waals surface area contributed by atoms with Crippen molar-refractivity contribution < 1.29 is 27.5 Å². The Bertz CT molecular complexity index is 1010. The van der Waals surface area contributed by atoms with Crippen molar-refractivity contribution in [2.24, 2.45) is 0 Å².